The summed E-state index contributed by atoms with van der Waals surface area (Å²) in [6.07, 6.45) is -4.50. The Balaban J connectivity index is 2.20. The van der Waals surface area contributed by atoms with Crippen molar-refractivity contribution in [3.63, 3.8) is 0 Å². The summed E-state index contributed by atoms with van der Waals surface area (Å²) < 4.78 is 37.4. The molecule has 0 aromatic heterocycles. The number of hydrogen-bond donors (Lipinski definition) is 3. The second-order valence-corrected chi connectivity index (χ2v) is 4.68. The number of nitrogens with one attached hydrogen (secondary N) is 2. The third kappa shape index (κ3) is 4.01. The van der Waals surface area contributed by atoms with Gasteiger partial charge in [-0.25, -0.2) is 0 Å². The summed E-state index contributed by atoms with van der Waals surface area (Å²) in [5.74, 6) is -0.753. The van der Waals surface area contributed by atoms with Crippen molar-refractivity contribution in [3.05, 3.63) is 23.8 Å². The summed E-state index contributed by atoms with van der Waals surface area (Å²) in [6, 6.07) is 4.64. The monoisotopic (exact) mass is 303 g/mol. The number of halogens is 3. The van der Waals surface area contributed by atoms with Crippen LogP contribution in [0.1, 0.15) is 10.4 Å². The number of aliphatic hydroxyl groups excluding tert-OH is 1. The molecule has 21 heavy (non-hydrogen) atoms. The molecular formula is C13H16F3N3O2. The van der Waals surface area contributed by atoms with Crippen LogP contribution in [0.15, 0.2) is 18.2 Å². The van der Waals surface area contributed by atoms with Crippen molar-refractivity contribution in [3.8, 4) is 0 Å². The van der Waals surface area contributed by atoms with E-state index in [1.54, 1.807) is 6.07 Å². The molecule has 0 saturated carbocycles. The molecule has 2 rings (SSSR count). The molecular weight excluding hydrogens is 287 g/mol. The third-order valence-corrected chi connectivity index (χ3v) is 3.05. The lowest BCUT2D eigenvalue weighted by molar-refractivity contribution is -0.141. The molecule has 0 unspecified atom stereocenters. The Labute approximate surface area is 119 Å². The Morgan fingerprint density at radius 3 is 2.52 bits per heavy atom. The Morgan fingerprint density at radius 1 is 1.24 bits per heavy atom. The number of alkyl halides is 3. The van der Waals surface area contributed by atoms with E-state index in [0.717, 1.165) is 12.2 Å². The summed E-state index contributed by atoms with van der Waals surface area (Å²) in [5.41, 5.74) is 1.65. The fourth-order valence-corrected chi connectivity index (χ4v) is 2.14. The maximum atomic E-state index is 12.5. The molecule has 1 aromatic carbocycles. The number of benzene rings is 1. The fraction of sp³-hybridized carbons (Fsp3) is 0.462. The number of carbonyl (C=O) groups excluding carboxylic acids is 1. The molecule has 0 bridgehead atoms. The maximum Gasteiger partial charge on any atom is 0.406 e. The Bertz CT molecular complexity index is 520. The topological polar surface area (TPSA) is 64.6 Å². The highest BCUT2D eigenvalue weighted by Gasteiger charge is 2.33. The summed E-state index contributed by atoms with van der Waals surface area (Å²) in [4.78, 5) is 12.8. The van der Waals surface area contributed by atoms with E-state index in [4.69, 9.17) is 5.11 Å². The highest BCUT2D eigenvalue weighted by atomic mass is 19.4. The first-order valence-corrected chi connectivity index (χ1v) is 6.49. The minimum atomic E-state index is -4.50. The molecule has 1 heterocycles. The molecule has 1 aliphatic heterocycles. The molecule has 5 nitrogen and oxygen atoms in total. The van der Waals surface area contributed by atoms with Crippen LogP contribution in [0, 0.1) is 0 Å². The summed E-state index contributed by atoms with van der Waals surface area (Å²) in [5, 5.41) is 15.0. The summed E-state index contributed by atoms with van der Waals surface area (Å²) in [7, 11) is 0. The van der Waals surface area contributed by atoms with Gasteiger partial charge in [-0.05, 0) is 18.2 Å². The van der Waals surface area contributed by atoms with Gasteiger partial charge in [-0.15, -0.1) is 0 Å². The molecule has 0 aliphatic carbocycles. The van der Waals surface area contributed by atoms with Gasteiger partial charge < -0.3 is 20.6 Å². The van der Waals surface area contributed by atoms with Crippen LogP contribution in [0.2, 0.25) is 0 Å². The molecule has 3 N–H and O–H groups in total. The smallest absolute Gasteiger partial charge is 0.395 e. The zero-order chi connectivity index (χ0) is 15.5. The summed E-state index contributed by atoms with van der Waals surface area (Å²) >= 11 is 0. The van der Waals surface area contributed by atoms with Crippen LogP contribution >= 0.6 is 0 Å². The lowest BCUT2D eigenvalue weighted by atomic mass is 10.1. The van der Waals surface area contributed by atoms with Gasteiger partial charge in [-0.3, -0.25) is 4.79 Å². The van der Waals surface area contributed by atoms with Gasteiger partial charge in [-0.1, -0.05) is 0 Å². The first-order valence-electron chi connectivity index (χ1n) is 6.49. The second-order valence-electron chi connectivity index (χ2n) is 4.68. The van der Waals surface area contributed by atoms with Crippen molar-refractivity contribution in [1.82, 2.24) is 4.90 Å². The summed E-state index contributed by atoms with van der Waals surface area (Å²) in [6.45, 7) is -0.846. The van der Waals surface area contributed by atoms with E-state index in [2.05, 4.69) is 10.6 Å². The molecule has 1 amide bonds. The number of nitrogens with zero attached hydrogens (tertiary/aromatic N) is 1. The van der Waals surface area contributed by atoms with Crippen molar-refractivity contribution in [2.45, 2.75) is 6.18 Å². The zero-order valence-corrected chi connectivity index (χ0v) is 11.2. The van der Waals surface area contributed by atoms with E-state index in [1.807, 2.05) is 0 Å². The quantitative estimate of drug-likeness (QED) is 0.789. The van der Waals surface area contributed by atoms with Crippen molar-refractivity contribution < 1.29 is 23.1 Å². The van der Waals surface area contributed by atoms with E-state index < -0.39 is 25.2 Å². The van der Waals surface area contributed by atoms with Crippen molar-refractivity contribution in [1.29, 1.82) is 0 Å². The fourth-order valence-electron chi connectivity index (χ4n) is 2.14. The van der Waals surface area contributed by atoms with Crippen LogP contribution in [-0.4, -0.2) is 54.9 Å². The number of amides is 1. The number of anilines is 2. The van der Waals surface area contributed by atoms with Gasteiger partial charge in [0, 0.05) is 25.2 Å². The first kappa shape index (κ1) is 15.4. The Hall–Kier alpha value is -1.96. The van der Waals surface area contributed by atoms with Crippen LogP contribution in [0.4, 0.5) is 24.5 Å². The number of aliphatic hydroxyl groups is 1. The number of carbonyl (C=O) groups is 1. The molecule has 0 radical (unpaired) electrons. The average Bonchev–Trinajstić information content (AvgIpc) is 2.44. The normalized spacial score (nSPS) is 13.9. The van der Waals surface area contributed by atoms with E-state index in [1.165, 1.54) is 12.1 Å². The second kappa shape index (κ2) is 6.21. The number of rotatable bonds is 4. The van der Waals surface area contributed by atoms with Crippen molar-refractivity contribution in [2.24, 2.45) is 0 Å². The van der Waals surface area contributed by atoms with E-state index in [9.17, 15) is 18.0 Å². The predicted octanol–water partition coefficient (Wildman–Crippen LogP) is 1.52. The SMILES string of the molecule is O=C(c1ccc2c(c1)NCCN2)N(CCO)CC(F)(F)F. The Kier molecular flexibility index (Phi) is 4.56. The molecule has 116 valence electrons. The highest BCUT2D eigenvalue weighted by Crippen LogP contribution is 2.26. The Morgan fingerprint density at radius 2 is 1.90 bits per heavy atom. The minimum absolute atomic E-state index is 0.155. The lowest BCUT2D eigenvalue weighted by Gasteiger charge is -2.25. The largest absolute Gasteiger partial charge is 0.406 e. The van der Waals surface area contributed by atoms with Gasteiger partial charge in [-0.2, -0.15) is 13.2 Å². The zero-order valence-electron chi connectivity index (χ0n) is 11.2. The van der Waals surface area contributed by atoms with Gasteiger partial charge >= 0.3 is 6.18 Å². The van der Waals surface area contributed by atoms with Gasteiger partial charge in [0.2, 0.25) is 0 Å². The molecule has 0 saturated heterocycles. The molecule has 1 aromatic rings. The predicted molar refractivity (Wildman–Crippen MR) is 72.5 cm³/mol. The minimum Gasteiger partial charge on any atom is -0.395 e. The van der Waals surface area contributed by atoms with E-state index >= 15 is 0 Å². The number of fused-ring (bicyclic) bond motifs is 1. The van der Waals surface area contributed by atoms with Crippen molar-refractivity contribution >= 4 is 17.3 Å². The van der Waals surface area contributed by atoms with Gasteiger partial charge in [0.25, 0.3) is 5.91 Å². The van der Waals surface area contributed by atoms with Crippen molar-refractivity contribution in [2.75, 3.05) is 43.4 Å². The molecule has 0 fully saturated rings. The molecule has 1 aliphatic rings. The molecule has 0 atom stereocenters. The molecule has 0 spiro atoms. The van der Waals surface area contributed by atoms with E-state index in [0.29, 0.717) is 17.1 Å². The van der Waals surface area contributed by atoms with Crippen LogP contribution in [0.5, 0.6) is 0 Å². The van der Waals surface area contributed by atoms with Crippen LogP contribution in [-0.2, 0) is 0 Å². The van der Waals surface area contributed by atoms with Gasteiger partial charge in [0.1, 0.15) is 6.54 Å². The third-order valence-electron chi connectivity index (χ3n) is 3.05. The number of hydrogen-bond acceptors (Lipinski definition) is 4. The van der Waals surface area contributed by atoms with Crippen LogP contribution in [0.3, 0.4) is 0 Å². The molecule has 8 heteroatoms. The standard InChI is InChI=1S/C13H16F3N3O2/c14-13(15,16)8-19(5-6-20)12(21)9-1-2-10-11(7-9)18-4-3-17-10/h1-2,7,17-18,20H,3-6,8H2. The highest BCUT2D eigenvalue weighted by molar-refractivity contribution is 5.96. The van der Waals surface area contributed by atoms with Crippen LogP contribution in [0.25, 0.3) is 0 Å². The maximum absolute atomic E-state index is 12.5. The average molecular weight is 303 g/mol. The van der Waals surface area contributed by atoms with E-state index in [-0.39, 0.29) is 12.1 Å². The lowest BCUT2D eigenvalue weighted by Crippen LogP contribution is -2.40. The van der Waals surface area contributed by atoms with Gasteiger partial charge in [0.15, 0.2) is 0 Å². The first-order chi connectivity index (χ1) is 9.90. The van der Waals surface area contributed by atoms with Crippen LogP contribution < -0.4 is 10.6 Å². The van der Waals surface area contributed by atoms with Gasteiger partial charge in [0.05, 0.1) is 18.0 Å².